The molecule has 0 saturated heterocycles. The molecule has 194 valence electrons. The van der Waals surface area contributed by atoms with Gasteiger partial charge in [0, 0.05) is 34.2 Å². The zero-order valence-corrected chi connectivity index (χ0v) is 21.4. The lowest BCUT2D eigenvalue weighted by atomic mass is 9.93. The Kier molecular flexibility index (Phi) is 8.90. The summed E-state index contributed by atoms with van der Waals surface area (Å²) >= 11 is 0. The predicted molar refractivity (Wildman–Crippen MR) is 147 cm³/mol. The maximum absolute atomic E-state index is 14.2. The summed E-state index contributed by atoms with van der Waals surface area (Å²) in [6.45, 7) is 1.76. The van der Waals surface area contributed by atoms with Crippen molar-refractivity contribution in [1.82, 2.24) is 5.32 Å². The summed E-state index contributed by atoms with van der Waals surface area (Å²) in [7, 11) is 0. The zero-order chi connectivity index (χ0) is 26.9. The van der Waals surface area contributed by atoms with Crippen LogP contribution >= 0.6 is 0 Å². The van der Waals surface area contributed by atoms with Crippen LogP contribution in [0.1, 0.15) is 77.8 Å². The second-order valence-electron chi connectivity index (χ2n) is 9.33. The van der Waals surface area contributed by atoms with Crippen molar-refractivity contribution in [3.63, 3.8) is 0 Å². The molecule has 0 aromatic heterocycles. The number of para-hydroxylation sites is 1. The van der Waals surface area contributed by atoms with E-state index in [1.807, 2.05) is 0 Å². The van der Waals surface area contributed by atoms with Gasteiger partial charge >= 0.3 is 0 Å². The van der Waals surface area contributed by atoms with Crippen LogP contribution in [0.25, 0.3) is 10.4 Å². The lowest BCUT2D eigenvalue weighted by Crippen LogP contribution is -2.47. The standard InChI is InChI=1S/C30H31N5O3/c1-2-27(36)24-18-10-12-20-26(24)35(30(38)21-13-5-3-6-14-21)28(23-17-9-11-19-25(23)33-34-31)29(37)32-22-15-7-4-8-16-22/h3,5-6,9-14,17-20,22,28H,2,4,7-8,15-16H2,1H3,(H,32,37). The molecule has 1 N–H and O–H groups in total. The number of carbonyl (C=O) groups excluding carboxylic acids is 3. The van der Waals surface area contributed by atoms with E-state index in [1.165, 1.54) is 4.90 Å². The molecular formula is C30H31N5O3. The Labute approximate surface area is 222 Å². The Morgan fingerprint density at radius 1 is 0.947 bits per heavy atom. The van der Waals surface area contributed by atoms with Crippen LogP contribution in [-0.2, 0) is 4.79 Å². The van der Waals surface area contributed by atoms with Crippen molar-refractivity contribution in [1.29, 1.82) is 0 Å². The Hall–Kier alpha value is -4.42. The van der Waals surface area contributed by atoms with Crippen molar-refractivity contribution in [3.8, 4) is 0 Å². The van der Waals surface area contributed by atoms with Gasteiger partial charge in [-0.15, -0.1) is 0 Å². The molecule has 38 heavy (non-hydrogen) atoms. The van der Waals surface area contributed by atoms with Gasteiger partial charge in [-0.25, -0.2) is 0 Å². The molecular weight excluding hydrogens is 478 g/mol. The van der Waals surface area contributed by atoms with Crippen molar-refractivity contribution in [2.24, 2.45) is 5.11 Å². The summed E-state index contributed by atoms with van der Waals surface area (Å²) in [5, 5.41) is 6.99. The maximum Gasteiger partial charge on any atom is 0.259 e. The molecule has 1 atom stereocenters. The number of benzene rings is 3. The Balaban J connectivity index is 1.94. The van der Waals surface area contributed by atoms with Crippen LogP contribution in [0.5, 0.6) is 0 Å². The summed E-state index contributed by atoms with van der Waals surface area (Å²) in [5.74, 6) is -0.983. The van der Waals surface area contributed by atoms with E-state index < -0.39 is 11.9 Å². The number of nitrogens with one attached hydrogen (secondary N) is 1. The number of ketones is 1. The van der Waals surface area contributed by atoms with Gasteiger partial charge in [0.1, 0.15) is 6.04 Å². The monoisotopic (exact) mass is 509 g/mol. The van der Waals surface area contributed by atoms with E-state index >= 15 is 0 Å². The Bertz CT molecular complexity index is 1340. The molecule has 0 bridgehead atoms. The second-order valence-corrected chi connectivity index (χ2v) is 9.33. The number of nitrogens with zero attached hydrogens (tertiary/aromatic N) is 4. The van der Waals surface area contributed by atoms with Crippen molar-refractivity contribution >= 4 is 29.0 Å². The first-order valence-electron chi connectivity index (χ1n) is 13.0. The number of azide groups is 1. The van der Waals surface area contributed by atoms with E-state index in [0.29, 0.717) is 22.4 Å². The highest BCUT2D eigenvalue weighted by atomic mass is 16.2. The molecule has 1 aliphatic carbocycles. The highest BCUT2D eigenvalue weighted by Crippen LogP contribution is 2.37. The number of hydrogen-bond donors (Lipinski definition) is 1. The van der Waals surface area contributed by atoms with Gasteiger partial charge in [0.2, 0.25) is 5.91 Å². The quantitative estimate of drug-likeness (QED) is 0.144. The minimum absolute atomic E-state index is 0.0217. The lowest BCUT2D eigenvalue weighted by Gasteiger charge is -2.35. The number of rotatable bonds is 9. The molecule has 0 spiro atoms. The largest absolute Gasteiger partial charge is 0.351 e. The third-order valence-electron chi connectivity index (χ3n) is 6.87. The van der Waals surface area contributed by atoms with E-state index in [9.17, 15) is 19.9 Å². The maximum atomic E-state index is 14.2. The molecule has 8 heteroatoms. The number of carbonyl (C=O) groups is 3. The van der Waals surface area contributed by atoms with Gasteiger partial charge in [-0.05, 0) is 48.2 Å². The van der Waals surface area contributed by atoms with E-state index in [1.54, 1.807) is 85.8 Å². The van der Waals surface area contributed by atoms with Gasteiger partial charge in [0.25, 0.3) is 5.91 Å². The average molecular weight is 510 g/mol. The fourth-order valence-electron chi connectivity index (χ4n) is 4.98. The number of hydrogen-bond acceptors (Lipinski definition) is 4. The highest BCUT2D eigenvalue weighted by Gasteiger charge is 2.37. The fourth-order valence-corrected chi connectivity index (χ4v) is 4.98. The van der Waals surface area contributed by atoms with Crippen LogP contribution in [0.4, 0.5) is 11.4 Å². The number of anilines is 1. The minimum Gasteiger partial charge on any atom is -0.351 e. The van der Waals surface area contributed by atoms with E-state index in [-0.39, 0.29) is 29.8 Å². The highest BCUT2D eigenvalue weighted by molar-refractivity contribution is 6.14. The molecule has 1 fully saturated rings. The van der Waals surface area contributed by atoms with E-state index in [2.05, 4.69) is 15.3 Å². The summed E-state index contributed by atoms with van der Waals surface area (Å²) in [6.07, 6.45) is 5.11. The molecule has 1 unspecified atom stereocenters. The summed E-state index contributed by atoms with van der Waals surface area (Å²) in [6, 6.07) is 21.0. The Morgan fingerprint density at radius 3 is 2.32 bits per heavy atom. The van der Waals surface area contributed by atoms with Gasteiger partial charge < -0.3 is 5.32 Å². The molecule has 3 aromatic rings. The lowest BCUT2D eigenvalue weighted by molar-refractivity contribution is -0.123. The number of amides is 2. The van der Waals surface area contributed by atoms with Crippen LogP contribution in [0.3, 0.4) is 0 Å². The second kappa shape index (κ2) is 12.7. The Morgan fingerprint density at radius 2 is 1.61 bits per heavy atom. The van der Waals surface area contributed by atoms with Crippen LogP contribution in [0.2, 0.25) is 0 Å². The predicted octanol–water partition coefficient (Wildman–Crippen LogP) is 7.06. The molecule has 0 heterocycles. The average Bonchev–Trinajstić information content (AvgIpc) is 2.97. The first-order chi connectivity index (χ1) is 18.5. The summed E-state index contributed by atoms with van der Waals surface area (Å²) < 4.78 is 0. The summed E-state index contributed by atoms with van der Waals surface area (Å²) in [5.41, 5.74) is 10.9. The molecule has 0 radical (unpaired) electrons. The smallest absolute Gasteiger partial charge is 0.259 e. The third kappa shape index (κ3) is 5.93. The van der Waals surface area contributed by atoms with Gasteiger partial charge in [0.15, 0.2) is 5.78 Å². The molecule has 3 aromatic carbocycles. The van der Waals surface area contributed by atoms with Gasteiger partial charge in [-0.1, -0.05) is 85.9 Å². The van der Waals surface area contributed by atoms with E-state index in [4.69, 9.17) is 0 Å². The van der Waals surface area contributed by atoms with Crippen molar-refractivity contribution in [2.45, 2.75) is 57.5 Å². The number of Topliss-reactive ketones (excluding diaryl/α,β-unsaturated/α-hetero) is 1. The third-order valence-corrected chi connectivity index (χ3v) is 6.87. The van der Waals surface area contributed by atoms with Gasteiger partial charge in [-0.2, -0.15) is 0 Å². The van der Waals surface area contributed by atoms with Gasteiger partial charge in [-0.3, -0.25) is 19.3 Å². The van der Waals surface area contributed by atoms with Crippen molar-refractivity contribution in [2.75, 3.05) is 4.90 Å². The van der Waals surface area contributed by atoms with Crippen molar-refractivity contribution < 1.29 is 14.4 Å². The molecule has 1 aliphatic rings. The van der Waals surface area contributed by atoms with Crippen LogP contribution < -0.4 is 10.2 Å². The SMILES string of the molecule is CCC(=O)c1ccccc1N(C(=O)c1ccccc1)C(C(=O)NC1CCCCC1)c1ccccc1N=[N+]=[N-]. The normalized spacial score (nSPS) is 14.1. The molecule has 8 nitrogen and oxygen atoms in total. The first kappa shape index (κ1) is 26.6. The first-order valence-corrected chi connectivity index (χ1v) is 13.0. The van der Waals surface area contributed by atoms with Crippen molar-refractivity contribution in [3.05, 3.63) is 106 Å². The molecule has 2 amide bonds. The van der Waals surface area contributed by atoms with Crippen LogP contribution in [-0.4, -0.2) is 23.6 Å². The molecule has 1 saturated carbocycles. The molecule has 4 rings (SSSR count). The molecule has 0 aliphatic heterocycles. The van der Waals surface area contributed by atoms with E-state index in [0.717, 1.165) is 32.1 Å². The van der Waals surface area contributed by atoms with Crippen LogP contribution in [0.15, 0.2) is 84.0 Å². The van der Waals surface area contributed by atoms with Gasteiger partial charge in [0.05, 0.1) is 5.69 Å². The zero-order valence-electron chi connectivity index (χ0n) is 21.4. The van der Waals surface area contributed by atoms with Crippen LogP contribution in [0, 0.1) is 0 Å². The topological polar surface area (TPSA) is 115 Å². The minimum atomic E-state index is -1.18. The summed E-state index contributed by atoms with van der Waals surface area (Å²) in [4.78, 5) is 45.7. The fraction of sp³-hybridized carbons (Fsp3) is 0.300.